The summed E-state index contributed by atoms with van der Waals surface area (Å²) in [4.78, 5) is 0.183. The predicted octanol–water partition coefficient (Wildman–Crippen LogP) is 4.00. The van der Waals surface area contributed by atoms with Crippen LogP contribution in [0.1, 0.15) is 34.8 Å². The molecule has 0 aliphatic carbocycles. The van der Waals surface area contributed by atoms with E-state index in [0.29, 0.717) is 11.3 Å². The van der Waals surface area contributed by atoms with Gasteiger partial charge in [0.25, 0.3) is 0 Å². The molecule has 38 heavy (non-hydrogen) atoms. The molecular weight excluding hydrogens is 524 g/mol. The molecule has 0 aromatic heterocycles. The second kappa shape index (κ2) is 12.5. The molecule has 0 saturated carbocycles. The van der Waals surface area contributed by atoms with Crippen LogP contribution >= 0.6 is 0 Å². The third kappa shape index (κ3) is 7.82. The minimum Gasteiger partial charge on any atom is -0.496 e. The average Bonchev–Trinajstić information content (AvgIpc) is 2.85. The molecule has 3 aromatic rings. The van der Waals surface area contributed by atoms with Crippen molar-refractivity contribution in [3.63, 3.8) is 0 Å². The van der Waals surface area contributed by atoms with Crippen molar-refractivity contribution < 1.29 is 26.7 Å². The summed E-state index contributed by atoms with van der Waals surface area (Å²) in [7, 11) is -5.79. The molecule has 0 radical (unpaired) electrons. The minimum absolute atomic E-state index is 0.0875. The smallest absolute Gasteiger partial charge is 0.243 e. The van der Waals surface area contributed by atoms with Crippen molar-refractivity contribution in [2.24, 2.45) is 0 Å². The quantitative estimate of drug-likeness (QED) is 0.365. The second-order valence-corrected chi connectivity index (χ2v) is 12.6. The SMILES string of the molecule is COc1ccc(CN(CCC#CC(O)c2ccccc2NS(C)(=O)=O)S(=O)(=O)c2ccc(C)cc2)cc1C. The minimum atomic E-state index is -3.83. The lowest BCUT2D eigenvalue weighted by Gasteiger charge is -2.22. The molecule has 10 heteroatoms. The molecule has 0 saturated heterocycles. The molecular formula is C28H32N2O6S2. The number of benzene rings is 3. The number of ether oxygens (including phenoxy) is 1. The number of hydrogen-bond donors (Lipinski definition) is 2. The number of rotatable bonds is 10. The topological polar surface area (TPSA) is 113 Å². The van der Waals surface area contributed by atoms with E-state index in [0.717, 1.165) is 22.9 Å². The van der Waals surface area contributed by atoms with E-state index in [2.05, 4.69) is 16.6 Å². The Morgan fingerprint density at radius 3 is 2.32 bits per heavy atom. The summed E-state index contributed by atoms with van der Waals surface area (Å²) in [6, 6.07) is 18.6. The van der Waals surface area contributed by atoms with Crippen LogP contribution in [-0.2, 0) is 26.6 Å². The van der Waals surface area contributed by atoms with Gasteiger partial charge in [-0.1, -0.05) is 59.9 Å². The Balaban J connectivity index is 1.83. The van der Waals surface area contributed by atoms with Crippen molar-refractivity contribution in [2.45, 2.75) is 37.8 Å². The number of methoxy groups -OCH3 is 1. The molecule has 3 rings (SSSR count). The van der Waals surface area contributed by atoms with Gasteiger partial charge in [-0.25, -0.2) is 16.8 Å². The van der Waals surface area contributed by atoms with E-state index < -0.39 is 26.2 Å². The van der Waals surface area contributed by atoms with Crippen molar-refractivity contribution in [3.05, 3.63) is 89.0 Å². The van der Waals surface area contributed by atoms with Crippen LogP contribution in [0.2, 0.25) is 0 Å². The van der Waals surface area contributed by atoms with Crippen LogP contribution in [0.25, 0.3) is 0 Å². The maximum Gasteiger partial charge on any atom is 0.243 e. The molecule has 1 atom stereocenters. The van der Waals surface area contributed by atoms with Crippen LogP contribution in [-0.4, -0.2) is 46.2 Å². The molecule has 2 N–H and O–H groups in total. The molecule has 0 aliphatic rings. The molecule has 0 heterocycles. The highest BCUT2D eigenvalue weighted by molar-refractivity contribution is 7.92. The number of aliphatic hydroxyl groups excluding tert-OH is 1. The van der Waals surface area contributed by atoms with Gasteiger partial charge < -0.3 is 9.84 Å². The number of aliphatic hydroxyl groups is 1. The fraction of sp³-hybridized carbons (Fsp3) is 0.286. The first-order valence-electron chi connectivity index (χ1n) is 11.8. The highest BCUT2D eigenvalue weighted by atomic mass is 32.2. The summed E-state index contributed by atoms with van der Waals surface area (Å²) in [5.41, 5.74) is 3.18. The number of nitrogens with zero attached hydrogens (tertiary/aromatic N) is 1. The number of nitrogens with one attached hydrogen (secondary N) is 1. The fourth-order valence-corrected chi connectivity index (χ4v) is 5.86. The number of aryl methyl sites for hydroxylation is 2. The second-order valence-electron chi connectivity index (χ2n) is 8.89. The van der Waals surface area contributed by atoms with E-state index in [1.807, 2.05) is 26.0 Å². The summed E-state index contributed by atoms with van der Waals surface area (Å²) in [6.45, 7) is 4.00. The molecule has 202 valence electrons. The zero-order chi connectivity index (χ0) is 27.9. The van der Waals surface area contributed by atoms with Gasteiger partial charge in [-0.15, -0.1) is 0 Å². The molecule has 0 bridgehead atoms. The monoisotopic (exact) mass is 556 g/mol. The lowest BCUT2D eigenvalue weighted by molar-refractivity contribution is 0.239. The number of hydrogen-bond acceptors (Lipinski definition) is 6. The Bertz CT molecular complexity index is 1540. The first kappa shape index (κ1) is 29.2. The lowest BCUT2D eigenvalue weighted by atomic mass is 10.1. The van der Waals surface area contributed by atoms with Crippen molar-refractivity contribution in [1.82, 2.24) is 4.31 Å². The number of anilines is 1. The Morgan fingerprint density at radius 2 is 1.68 bits per heavy atom. The van der Waals surface area contributed by atoms with Crippen molar-refractivity contribution in [1.29, 1.82) is 0 Å². The molecule has 3 aromatic carbocycles. The summed E-state index contributed by atoms with van der Waals surface area (Å²) in [6.07, 6.45) is -0.0828. The molecule has 0 fully saturated rings. The number of sulfonamides is 2. The Kier molecular flexibility index (Phi) is 9.57. The van der Waals surface area contributed by atoms with Gasteiger partial charge in [0.2, 0.25) is 20.0 Å². The van der Waals surface area contributed by atoms with E-state index in [4.69, 9.17) is 4.74 Å². The molecule has 0 aliphatic heterocycles. The van der Waals surface area contributed by atoms with Gasteiger partial charge in [0.15, 0.2) is 0 Å². The van der Waals surface area contributed by atoms with Crippen LogP contribution in [0.4, 0.5) is 5.69 Å². The molecule has 0 amide bonds. The van der Waals surface area contributed by atoms with Gasteiger partial charge >= 0.3 is 0 Å². The zero-order valence-corrected chi connectivity index (χ0v) is 23.4. The highest BCUT2D eigenvalue weighted by Crippen LogP contribution is 2.25. The van der Waals surface area contributed by atoms with Crippen molar-refractivity contribution in [3.8, 4) is 17.6 Å². The van der Waals surface area contributed by atoms with Crippen molar-refractivity contribution in [2.75, 3.05) is 24.6 Å². The average molecular weight is 557 g/mol. The van der Waals surface area contributed by atoms with Crippen LogP contribution in [0.5, 0.6) is 5.75 Å². The highest BCUT2D eigenvalue weighted by Gasteiger charge is 2.24. The third-order valence-corrected chi connectivity index (χ3v) is 8.20. The van der Waals surface area contributed by atoms with Crippen LogP contribution in [0.3, 0.4) is 0 Å². The van der Waals surface area contributed by atoms with E-state index in [1.54, 1.807) is 55.6 Å². The van der Waals surface area contributed by atoms with E-state index >= 15 is 0 Å². The van der Waals surface area contributed by atoms with Gasteiger partial charge in [-0.3, -0.25) is 4.72 Å². The van der Waals surface area contributed by atoms with E-state index in [9.17, 15) is 21.9 Å². The Morgan fingerprint density at radius 1 is 1.00 bits per heavy atom. The summed E-state index contributed by atoms with van der Waals surface area (Å²) in [5.74, 6) is 6.26. The van der Waals surface area contributed by atoms with Crippen LogP contribution in [0.15, 0.2) is 71.6 Å². The van der Waals surface area contributed by atoms with Crippen molar-refractivity contribution >= 4 is 25.7 Å². The van der Waals surface area contributed by atoms with Gasteiger partial charge in [-0.05, 0) is 49.2 Å². The summed E-state index contributed by atoms with van der Waals surface area (Å²) < 4.78 is 59.4. The van der Waals surface area contributed by atoms with Crippen LogP contribution < -0.4 is 9.46 Å². The standard InChI is InChI=1S/C28H32N2O6S2/c1-21-12-15-24(16-13-21)38(34,35)30(20-23-14-17-28(36-3)22(2)19-23)18-8-7-11-27(31)25-9-5-6-10-26(25)29-37(4,32)33/h5-6,9-10,12-17,19,27,29,31H,8,18,20H2,1-4H3. The number of para-hydroxylation sites is 1. The summed E-state index contributed by atoms with van der Waals surface area (Å²) >= 11 is 0. The maximum atomic E-state index is 13.5. The first-order valence-corrected chi connectivity index (χ1v) is 15.2. The van der Waals surface area contributed by atoms with E-state index in [1.165, 1.54) is 10.4 Å². The predicted molar refractivity (Wildman–Crippen MR) is 149 cm³/mol. The molecule has 8 nitrogen and oxygen atoms in total. The normalized spacial score (nSPS) is 12.5. The third-order valence-electron chi connectivity index (χ3n) is 5.75. The lowest BCUT2D eigenvalue weighted by Crippen LogP contribution is -2.31. The zero-order valence-electron chi connectivity index (χ0n) is 21.8. The molecule has 0 spiro atoms. The largest absolute Gasteiger partial charge is 0.496 e. The first-order chi connectivity index (χ1) is 17.9. The Labute approximate surface area is 225 Å². The van der Waals surface area contributed by atoms with Gasteiger partial charge in [-0.2, -0.15) is 4.31 Å². The Hall–Kier alpha value is -3.36. The van der Waals surface area contributed by atoms with Crippen LogP contribution in [0, 0.1) is 25.7 Å². The van der Waals surface area contributed by atoms with Gasteiger partial charge in [0.05, 0.1) is 23.9 Å². The van der Waals surface area contributed by atoms with Gasteiger partial charge in [0, 0.05) is 25.1 Å². The summed E-state index contributed by atoms with van der Waals surface area (Å²) in [5, 5.41) is 10.6. The fourth-order valence-electron chi connectivity index (χ4n) is 3.84. The molecule has 1 unspecified atom stereocenters. The maximum absolute atomic E-state index is 13.5. The van der Waals surface area contributed by atoms with E-state index in [-0.39, 0.29) is 30.1 Å². The van der Waals surface area contributed by atoms with Gasteiger partial charge in [0.1, 0.15) is 11.9 Å².